The van der Waals surface area contributed by atoms with Crippen molar-refractivity contribution in [3.05, 3.63) is 120 Å². The molecule has 2 heteroatoms. The molecule has 0 aromatic heterocycles. The first kappa shape index (κ1) is 17.9. The Morgan fingerprint density at radius 1 is 0.464 bits per heavy atom. The Labute approximate surface area is 166 Å². The normalized spacial score (nSPS) is 11.3. The third-order valence-electron chi connectivity index (χ3n) is 5.55. The van der Waals surface area contributed by atoms with Gasteiger partial charge in [-0.3, -0.25) is 0 Å². The van der Waals surface area contributed by atoms with Gasteiger partial charge in [0.25, 0.3) is 0 Å². The zero-order valence-electron chi connectivity index (χ0n) is 16.0. The van der Waals surface area contributed by atoms with Crippen molar-refractivity contribution in [2.24, 2.45) is 0 Å². The van der Waals surface area contributed by atoms with Crippen LogP contribution in [-0.4, -0.2) is 0 Å². The van der Waals surface area contributed by atoms with Gasteiger partial charge in [-0.15, -0.1) is 0 Å². The standard InChI is InChI=1S/C26H24N2/c1-26(22-11-15-24(27)16-12-22,23-13-17-25(28)18-14-23)21-9-7-20(8-10-21)19-5-3-2-4-6-19/h2-18H,27-28H2,1H3. The first-order valence-electron chi connectivity index (χ1n) is 9.45. The Bertz CT molecular complexity index is 1000. The van der Waals surface area contributed by atoms with Gasteiger partial charge < -0.3 is 11.5 Å². The van der Waals surface area contributed by atoms with E-state index in [0.717, 1.165) is 11.4 Å². The SMILES string of the molecule is CC(c1ccc(N)cc1)(c1ccc(N)cc1)c1ccc(-c2ccccc2)cc1. The predicted octanol–water partition coefficient (Wildman–Crippen LogP) is 5.87. The van der Waals surface area contributed by atoms with E-state index < -0.39 is 0 Å². The van der Waals surface area contributed by atoms with Crippen LogP contribution in [0.4, 0.5) is 11.4 Å². The molecule has 0 bridgehead atoms. The van der Waals surface area contributed by atoms with Crippen molar-refractivity contribution in [1.29, 1.82) is 0 Å². The van der Waals surface area contributed by atoms with E-state index in [2.05, 4.69) is 79.7 Å². The fraction of sp³-hybridized carbons (Fsp3) is 0.0769. The molecule has 4 N–H and O–H groups in total. The van der Waals surface area contributed by atoms with Crippen molar-refractivity contribution >= 4 is 11.4 Å². The zero-order valence-corrected chi connectivity index (χ0v) is 16.0. The Morgan fingerprint density at radius 3 is 1.25 bits per heavy atom. The molecule has 4 aromatic carbocycles. The highest BCUT2D eigenvalue weighted by atomic mass is 14.5. The van der Waals surface area contributed by atoms with Gasteiger partial charge in [0.2, 0.25) is 0 Å². The summed E-state index contributed by atoms with van der Waals surface area (Å²) in [5.74, 6) is 0. The van der Waals surface area contributed by atoms with Crippen LogP contribution >= 0.6 is 0 Å². The number of nitrogen functional groups attached to an aromatic ring is 2. The van der Waals surface area contributed by atoms with Crippen LogP contribution in [0.15, 0.2) is 103 Å². The molecule has 0 aliphatic rings. The largest absolute Gasteiger partial charge is 0.399 e. The molecule has 0 atom stereocenters. The van der Waals surface area contributed by atoms with Gasteiger partial charge in [-0.25, -0.2) is 0 Å². The summed E-state index contributed by atoms with van der Waals surface area (Å²) in [7, 11) is 0. The van der Waals surface area contributed by atoms with E-state index in [0.29, 0.717) is 0 Å². The topological polar surface area (TPSA) is 52.0 Å². The lowest BCUT2D eigenvalue weighted by molar-refractivity contribution is 0.693. The molecule has 138 valence electrons. The van der Waals surface area contributed by atoms with E-state index in [1.807, 2.05) is 30.3 Å². The van der Waals surface area contributed by atoms with Gasteiger partial charge in [0.15, 0.2) is 0 Å². The second kappa shape index (κ2) is 7.24. The first-order valence-corrected chi connectivity index (χ1v) is 9.45. The maximum atomic E-state index is 5.93. The minimum Gasteiger partial charge on any atom is -0.399 e. The summed E-state index contributed by atoms with van der Waals surface area (Å²) in [5.41, 5.74) is 19.1. The van der Waals surface area contributed by atoms with Gasteiger partial charge in [0.1, 0.15) is 0 Å². The number of anilines is 2. The molecule has 0 spiro atoms. The summed E-state index contributed by atoms with van der Waals surface area (Å²) in [6, 6.07) is 35.5. The van der Waals surface area contributed by atoms with Gasteiger partial charge >= 0.3 is 0 Å². The number of rotatable bonds is 4. The van der Waals surface area contributed by atoms with Gasteiger partial charge in [-0.2, -0.15) is 0 Å². The molecule has 0 saturated carbocycles. The highest BCUT2D eigenvalue weighted by Gasteiger charge is 2.31. The van der Waals surface area contributed by atoms with Crippen molar-refractivity contribution in [1.82, 2.24) is 0 Å². The Morgan fingerprint density at radius 2 is 0.821 bits per heavy atom. The fourth-order valence-corrected chi connectivity index (χ4v) is 3.76. The van der Waals surface area contributed by atoms with Gasteiger partial charge in [-0.1, -0.05) is 78.9 Å². The van der Waals surface area contributed by atoms with Crippen LogP contribution < -0.4 is 11.5 Å². The Kier molecular flexibility index (Phi) is 4.62. The summed E-state index contributed by atoms with van der Waals surface area (Å²) < 4.78 is 0. The minimum atomic E-state index is -0.309. The molecule has 0 unspecified atom stereocenters. The molecule has 0 amide bonds. The average molecular weight is 364 g/mol. The molecular weight excluding hydrogens is 340 g/mol. The molecular formula is C26H24N2. The maximum Gasteiger partial charge on any atom is 0.0423 e. The second-order valence-electron chi connectivity index (χ2n) is 7.31. The van der Waals surface area contributed by atoms with Crippen molar-refractivity contribution in [2.45, 2.75) is 12.3 Å². The zero-order chi connectivity index (χ0) is 19.6. The van der Waals surface area contributed by atoms with Gasteiger partial charge in [0.05, 0.1) is 0 Å². The van der Waals surface area contributed by atoms with E-state index in [9.17, 15) is 0 Å². The van der Waals surface area contributed by atoms with Crippen molar-refractivity contribution in [3.63, 3.8) is 0 Å². The van der Waals surface area contributed by atoms with E-state index in [4.69, 9.17) is 11.5 Å². The molecule has 2 nitrogen and oxygen atoms in total. The average Bonchev–Trinajstić information content (AvgIpc) is 2.75. The summed E-state index contributed by atoms with van der Waals surface area (Å²) >= 11 is 0. The lowest BCUT2D eigenvalue weighted by atomic mass is 9.71. The fourth-order valence-electron chi connectivity index (χ4n) is 3.76. The smallest absolute Gasteiger partial charge is 0.0423 e. The Balaban J connectivity index is 1.83. The quantitative estimate of drug-likeness (QED) is 0.351. The molecule has 4 aromatic rings. The van der Waals surface area contributed by atoms with Crippen molar-refractivity contribution in [3.8, 4) is 11.1 Å². The molecule has 0 aliphatic heterocycles. The lowest BCUT2D eigenvalue weighted by Gasteiger charge is -2.32. The van der Waals surface area contributed by atoms with Crippen LogP contribution in [0.25, 0.3) is 11.1 Å². The number of hydrogen-bond donors (Lipinski definition) is 2. The van der Waals surface area contributed by atoms with Crippen molar-refractivity contribution < 1.29 is 0 Å². The molecule has 0 radical (unpaired) electrons. The third-order valence-corrected chi connectivity index (χ3v) is 5.55. The molecule has 0 saturated heterocycles. The predicted molar refractivity (Wildman–Crippen MR) is 119 cm³/mol. The molecule has 28 heavy (non-hydrogen) atoms. The van der Waals surface area contributed by atoms with Crippen LogP contribution in [0.3, 0.4) is 0 Å². The van der Waals surface area contributed by atoms with E-state index in [1.165, 1.54) is 27.8 Å². The first-order chi connectivity index (χ1) is 13.6. The Hall–Kier alpha value is -3.52. The summed E-state index contributed by atoms with van der Waals surface area (Å²) in [4.78, 5) is 0. The molecule has 4 rings (SSSR count). The maximum absolute atomic E-state index is 5.93. The minimum absolute atomic E-state index is 0.309. The summed E-state index contributed by atoms with van der Waals surface area (Å²) in [5, 5.41) is 0. The molecule has 0 heterocycles. The van der Waals surface area contributed by atoms with Crippen molar-refractivity contribution in [2.75, 3.05) is 11.5 Å². The summed E-state index contributed by atoms with van der Waals surface area (Å²) in [6.07, 6.45) is 0. The number of benzene rings is 4. The van der Waals surface area contributed by atoms with Crippen LogP contribution in [0.1, 0.15) is 23.6 Å². The molecule has 0 fully saturated rings. The van der Waals surface area contributed by atoms with Gasteiger partial charge in [0, 0.05) is 16.8 Å². The van der Waals surface area contributed by atoms with E-state index in [1.54, 1.807) is 0 Å². The lowest BCUT2D eigenvalue weighted by Crippen LogP contribution is -2.25. The number of nitrogens with two attached hydrogens (primary N) is 2. The number of hydrogen-bond acceptors (Lipinski definition) is 2. The monoisotopic (exact) mass is 364 g/mol. The van der Waals surface area contributed by atoms with E-state index >= 15 is 0 Å². The molecule has 0 aliphatic carbocycles. The van der Waals surface area contributed by atoms with Crippen LogP contribution in [0, 0.1) is 0 Å². The third kappa shape index (κ3) is 3.25. The van der Waals surface area contributed by atoms with E-state index in [-0.39, 0.29) is 5.41 Å². The highest BCUT2D eigenvalue weighted by molar-refractivity contribution is 5.65. The summed E-state index contributed by atoms with van der Waals surface area (Å²) in [6.45, 7) is 2.25. The van der Waals surface area contributed by atoms with Crippen LogP contribution in [-0.2, 0) is 5.41 Å². The van der Waals surface area contributed by atoms with Gasteiger partial charge in [-0.05, 0) is 59.0 Å². The second-order valence-corrected chi connectivity index (χ2v) is 7.31. The van der Waals surface area contributed by atoms with Crippen LogP contribution in [0.5, 0.6) is 0 Å². The van der Waals surface area contributed by atoms with Crippen LogP contribution in [0.2, 0.25) is 0 Å². The highest BCUT2D eigenvalue weighted by Crippen LogP contribution is 2.40.